The summed E-state index contributed by atoms with van der Waals surface area (Å²) in [6, 6.07) is 23.2. The Labute approximate surface area is 182 Å². The third-order valence-corrected chi connectivity index (χ3v) is 5.16. The lowest BCUT2D eigenvalue weighted by Gasteiger charge is -2.19. The highest BCUT2D eigenvalue weighted by Crippen LogP contribution is 2.27. The lowest BCUT2D eigenvalue weighted by molar-refractivity contribution is 0.322. The minimum atomic E-state index is -0.211. The van der Waals surface area contributed by atoms with E-state index in [-0.39, 0.29) is 16.6 Å². The second-order valence-corrected chi connectivity index (χ2v) is 8.55. The topological polar surface area (TPSA) is 48.7 Å². The number of hydrogen-bond donors (Lipinski definition) is 0. The first-order valence-corrected chi connectivity index (χ1v) is 10.4. The molecule has 1 aromatic heterocycles. The van der Waals surface area contributed by atoms with Gasteiger partial charge in [-0.3, -0.25) is 4.79 Å². The fourth-order valence-corrected chi connectivity index (χ4v) is 3.33. The van der Waals surface area contributed by atoms with Crippen molar-refractivity contribution in [2.45, 2.75) is 32.6 Å². The summed E-state index contributed by atoms with van der Waals surface area (Å²) in [6.07, 6.45) is 2.17. The summed E-state index contributed by atoms with van der Waals surface area (Å²) in [7, 11) is 0. The zero-order valence-electron chi connectivity index (χ0n) is 18.1. The fourth-order valence-electron chi connectivity index (χ4n) is 3.33. The van der Waals surface area contributed by atoms with E-state index in [2.05, 4.69) is 32.9 Å². The molecule has 0 saturated carbocycles. The third kappa shape index (κ3) is 4.97. The minimum Gasteiger partial charge on any atom is -0.493 e. The van der Waals surface area contributed by atoms with E-state index in [9.17, 15) is 4.79 Å². The predicted molar refractivity (Wildman–Crippen MR) is 123 cm³/mol. The van der Waals surface area contributed by atoms with Crippen molar-refractivity contribution in [2.75, 3.05) is 6.61 Å². The minimum absolute atomic E-state index is 0.0569. The van der Waals surface area contributed by atoms with Crippen LogP contribution >= 0.6 is 0 Å². The van der Waals surface area contributed by atoms with Gasteiger partial charge in [-0.1, -0.05) is 63.2 Å². The molecule has 0 unspecified atom stereocenters. The van der Waals surface area contributed by atoms with E-state index in [1.165, 1.54) is 17.4 Å². The first-order chi connectivity index (χ1) is 14.9. The highest BCUT2D eigenvalue weighted by molar-refractivity contribution is 5.79. The first-order valence-electron chi connectivity index (χ1n) is 10.4. The van der Waals surface area contributed by atoms with Gasteiger partial charge in [0, 0.05) is 12.5 Å². The second kappa shape index (κ2) is 8.68. The molecule has 0 aliphatic rings. The number of ether oxygens (including phenoxy) is 2. The summed E-state index contributed by atoms with van der Waals surface area (Å²) in [4.78, 5) is 12.8. The quantitative estimate of drug-likeness (QED) is 0.361. The van der Waals surface area contributed by atoms with Gasteiger partial charge in [0.05, 0.1) is 12.0 Å². The Morgan fingerprint density at radius 1 is 0.871 bits per heavy atom. The molecule has 4 nitrogen and oxygen atoms in total. The van der Waals surface area contributed by atoms with Gasteiger partial charge in [-0.25, -0.2) is 0 Å². The highest BCUT2D eigenvalue weighted by Gasteiger charge is 2.14. The number of rotatable bonds is 6. The lowest BCUT2D eigenvalue weighted by Crippen LogP contribution is -2.10. The van der Waals surface area contributed by atoms with E-state index in [1.54, 1.807) is 18.2 Å². The van der Waals surface area contributed by atoms with E-state index >= 15 is 0 Å². The van der Waals surface area contributed by atoms with Gasteiger partial charge < -0.3 is 13.9 Å². The smallest absolute Gasteiger partial charge is 0.235 e. The van der Waals surface area contributed by atoms with Crippen molar-refractivity contribution in [1.29, 1.82) is 0 Å². The molecule has 4 rings (SSSR count). The Bertz CT molecular complexity index is 1220. The Balaban J connectivity index is 1.47. The molecule has 0 aliphatic carbocycles. The SMILES string of the molecule is CC(C)(C)c1ccc(Oc2coc3cc(OCCc4ccccc4)ccc3c2=O)cc1. The van der Waals surface area contributed by atoms with Crippen LogP contribution in [-0.2, 0) is 11.8 Å². The molecular weight excluding hydrogens is 388 g/mol. The monoisotopic (exact) mass is 414 g/mol. The molecule has 0 aliphatic heterocycles. The van der Waals surface area contributed by atoms with Crippen molar-refractivity contribution in [1.82, 2.24) is 0 Å². The Hall–Kier alpha value is -3.53. The van der Waals surface area contributed by atoms with Crippen molar-refractivity contribution >= 4 is 11.0 Å². The predicted octanol–water partition coefficient (Wildman–Crippen LogP) is 6.50. The third-order valence-electron chi connectivity index (χ3n) is 5.16. The molecule has 0 saturated heterocycles. The summed E-state index contributed by atoms with van der Waals surface area (Å²) in [5.74, 6) is 1.42. The Kier molecular flexibility index (Phi) is 5.81. The van der Waals surface area contributed by atoms with Gasteiger partial charge >= 0.3 is 0 Å². The van der Waals surface area contributed by atoms with Gasteiger partial charge in [-0.05, 0) is 40.8 Å². The summed E-state index contributed by atoms with van der Waals surface area (Å²) >= 11 is 0. The van der Waals surface area contributed by atoms with Crippen LogP contribution in [0.2, 0.25) is 0 Å². The van der Waals surface area contributed by atoms with Crippen molar-refractivity contribution in [3.63, 3.8) is 0 Å². The molecule has 4 aromatic rings. The summed E-state index contributed by atoms with van der Waals surface area (Å²) in [6.45, 7) is 7.01. The summed E-state index contributed by atoms with van der Waals surface area (Å²) in [5, 5.41) is 0.458. The maximum absolute atomic E-state index is 12.8. The average Bonchev–Trinajstić information content (AvgIpc) is 2.76. The van der Waals surface area contributed by atoms with Gasteiger partial charge in [-0.2, -0.15) is 0 Å². The van der Waals surface area contributed by atoms with Crippen molar-refractivity contribution < 1.29 is 13.9 Å². The van der Waals surface area contributed by atoms with Crippen LogP contribution in [0.15, 0.2) is 88.3 Å². The highest BCUT2D eigenvalue weighted by atomic mass is 16.5. The van der Waals surface area contributed by atoms with Crippen molar-refractivity contribution in [3.05, 3.63) is 100 Å². The number of benzene rings is 3. The normalized spacial score (nSPS) is 11.5. The van der Waals surface area contributed by atoms with Gasteiger partial charge in [0.25, 0.3) is 0 Å². The zero-order chi connectivity index (χ0) is 21.8. The van der Waals surface area contributed by atoms with E-state index in [4.69, 9.17) is 13.9 Å². The molecule has 31 heavy (non-hydrogen) atoms. The summed E-state index contributed by atoms with van der Waals surface area (Å²) < 4.78 is 17.3. The molecule has 0 N–H and O–H groups in total. The average molecular weight is 415 g/mol. The molecular formula is C27H26O4. The zero-order valence-corrected chi connectivity index (χ0v) is 18.1. The largest absolute Gasteiger partial charge is 0.493 e. The molecule has 4 heteroatoms. The fraction of sp³-hybridized carbons (Fsp3) is 0.222. The maximum Gasteiger partial charge on any atom is 0.235 e. The molecule has 158 valence electrons. The Morgan fingerprint density at radius 2 is 1.58 bits per heavy atom. The van der Waals surface area contributed by atoms with Crippen LogP contribution in [0.1, 0.15) is 31.9 Å². The Morgan fingerprint density at radius 3 is 2.29 bits per heavy atom. The first kappa shape index (κ1) is 20.7. The number of hydrogen-bond acceptors (Lipinski definition) is 4. The number of fused-ring (bicyclic) bond motifs is 1. The van der Waals surface area contributed by atoms with Crippen LogP contribution in [0.25, 0.3) is 11.0 Å². The molecule has 0 fully saturated rings. The standard InChI is InChI=1S/C27H26O4/c1-27(2,3)20-9-11-21(12-10-20)31-25-18-30-24-17-22(13-14-23(24)26(25)28)29-16-15-19-7-5-4-6-8-19/h4-14,17-18H,15-16H2,1-3H3. The van der Waals surface area contributed by atoms with Gasteiger partial charge in [0.2, 0.25) is 11.2 Å². The van der Waals surface area contributed by atoms with Crippen molar-refractivity contribution in [3.8, 4) is 17.2 Å². The van der Waals surface area contributed by atoms with Crippen LogP contribution in [-0.4, -0.2) is 6.61 Å². The van der Waals surface area contributed by atoms with E-state index in [0.717, 1.165) is 6.42 Å². The molecule has 0 amide bonds. The molecule has 0 radical (unpaired) electrons. The van der Waals surface area contributed by atoms with Gasteiger partial charge in [-0.15, -0.1) is 0 Å². The van der Waals surface area contributed by atoms with E-state index in [1.807, 2.05) is 42.5 Å². The molecule has 0 bridgehead atoms. The maximum atomic E-state index is 12.8. The van der Waals surface area contributed by atoms with Crippen LogP contribution in [0.3, 0.4) is 0 Å². The van der Waals surface area contributed by atoms with Crippen LogP contribution in [0, 0.1) is 0 Å². The van der Waals surface area contributed by atoms with E-state index in [0.29, 0.717) is 29.1 Å². The molecule has 0 spiro atoms. The molecule has 0 atom stereocenters. The van der Waals surface area contributed by atoms with Crippen molar-refractivity contribution in [2.24, 2.45) is 0 Å². The molecule has 1 heterocycles. The second-order valence-electron chi connectivity index (χ2n) is 8.55. The van der Waals surface area contributed by atoms with Crippen LogP contribution < -0.4 is 14.9 Å². The van der Waals surface area contributed by atoms with E-state index < -0.39 is 0 Å². The van der Waals surface area contributed by atoms with Crippen LogP contribution in [0.5, 0.6) is 17.2 Å². The van der Waals surface area contributed by atoms with Crippen LogP contribution in [0.4, 0.5) is 0 Å². The summed E-state index contributed by atoms with van der Waals surface area (Å²) in [5.41, 5.74) is 2.73. The van der Waals surface area contributed by atoms with Gasteiger partial charge in [0.15, 0.2) is 0 Å². The van der Waals surface area contributed by atoms with Gasteiger partial charge in [0.1, 0.15) is 23.3 Å². The molecule has 3 aromatic carbocycles. The lowest BCUT2D eigenvalue weighted by atomic mass is 9.87.